The van der Waals surface area contributed by atoms with Gasteiger partial charge in [-0.2, -0.15) is 0 Å². The molecule has 1 unspecified atom stereocenters. The number of halogens is 1. The highest BCUT2D eigenvalue weighted by Crippen LogP contribution is 2.32. The van der Waals surface area contributed by atoms with Crippen LogP contribution in [0.2, 0.25) is 0 Å². The van der Waals surface area contributed by atoms with Gasteiger partial charge in [0.05, 0.1) is 5.92 Å². The van der Waals surface area contributed by atoms with Crippen LogP contribution in [0.4, 0.5) is 0 Å². The summed E-state index contributed by atoms with van der Waals surface area (Å²) in [5.74, 6) is 1.80. The molecule has 1 N–H and O–H groups in total. The van der Waals surface area contributed by atoms with Crippen LogP contribution in [0.25, 0.3) is 0 Å². The highest BCUT2D eigenvalue weighted by molar-refractivity contribution is 5.89. The number of carbonyl (C=O) groups is 2. The molecule has 0 spiro atoms. The monoisotopic (exact) mass is 371 g/mol. The lowest BCUT2D eigenvalue weighted by Crippen LogP contribution is -2.44. The number of nitrogens with one attached hydrogen (secondary N) is 1. The number of piperidine rings is 1. The van der Waals surface area contributed by atoms with Crippen LogP contribution >= 0.6 is 12.4 Å². The normalized spacial score (nSPS) is 31.1. The maximum Gasteiger partial charge on any atom is 0.227 e. The van der Waals surface area contributed by atoms with Crippen molar-refractivity contribution in [2.24, 2.45) is 17.8 Å². The van der Waals surface area contributed by atoms with E-state index in [2.05, 4.69) is 12.2 Å². The minimum Gasteiger partial charge on any atom is -0.342 e. The molecule has 1 saturated carbocycles. The lowest BCUT2D eigenvalue weighted by molar-refractivity contribution is -0.137. The first-order valence-corrected chi connectivity index (χ1v) is 9.81. The van der Waals surface area contributed by atoms with Crippen molar-refractivity contribution >= 4 is 24.2 Å². The van der Waals surface area contributed by atoms with Gasteiger partial charge < -0.3 is 15.1 Å². The predicted octanol–water partition coefficient (Wildman–Crippen LogP) is 2.29. The van der Waals surface area contributed by atoms with Gasteiger partial charge in [0.1, 0.15) is 0 Å². The summed E-state index contributed by atoms with van der Waals surface area (Å²) in [6, 6.07) is 0.382. The van der Waals surface area contributed by atoms with Gasteiger partial charge in [0.2, 0.25) is 11.8 Å². The lowest BCUT2D eigenvalue weighted by Gasteiger charge is -2.35. The van der Waals surface area contributed by atoms with Crippen LogP contribution in [0.15, 0.2) is 0 Å². The van der Waals surface area contributed by atoms with Crippen molar-refractivity contribution in [2.75, 3.05) is 33.2 Å². The van der Waals surface area contributed by atoms with E-state index in [-0.39, 0.29) is 30.1 Å². The van der Waals surface area contributed by atoms with Gasteiger partial charge in [0, 0.05) is 32.1 Å². The standard InChI is InChI=1S/C19H33N3O2.ClH/c1-14-3-5-17(6-4-14)22-13-16(11-18(22)23)19(24)21-9-7-15(8-10-21)12-20-2;/h14-17,20H,3-13H2,1-2H3;1H. The van der Waals surface area contributed by atoms with Crippen LogP contribution in [0.5, 0.6) is 0 Å². The number of rotatable bonds is 4. The summed E-state index contributed by atoms with van der Waals surface area (Å²) in [7, 11) is 1.99. The zero-order chi connectivity index (χ0) is 17.1. The van der Waals surface area contributed by atoms with Crippen molar-refractivity contribution in [2.45, 2.75) is 57.9 Å². The molecule has 1 aliphatic carbocycles. The van der Waals surface area contributed by atoms with Gasteiger partial charge in [-0.25, -0.2) is 0 Å². The highest BCUT2D eigenvalue weighted by atomic mass is 35.5. The third-order valence-corrected chi connectivity index (χ3v) is 6.35. The molecule has 0 radical (unpaired) electrons. The van der Waals surface area contributed by atoms with Gasteiger partial charge in [-0.05, 0) is 64.0 Å². The molecule has 25 heavy (non-hydrogen) atoms. The molecular weight excluding hydrogens is 338 g/mol. The fraction of sp³-hybridized carbons (Fsp3) is 0.895. The molecule has 0 aromatic carbocycles. The van der Waals surface area contributed by atoms with Crippen molar-refractivity contribution in [3.05, 3.63) is 0 Å². The van der Waals surface area contributed by atoms with E-state index >= 15 is 0 Å². The largest absolute Gasteiger partial charge is 0.342 e. The lowest BCUT2D eigenvalue weighted by atomic mass is 9.86. The smallest absolute Gasteiger partial charge is 0.227 e. The summed E-state index contributed by atoms with van der Waals surface area (Å²) in [6.45, 7) is 5.71. The molecule has 2 heterocycles. The van der Waals surface area contributed by atoms with Crippen LogP contribution in [0.3, 0.4) is 0 Å². The van der Waals surface area contributed by atoms with E-state index in [1.165, 1.54) is 12.8 Å². The summed E-state index contributed by atoms with van der Waals surface area (Å²) in [5.41, 5.74) is 0. The zero-order valence-corrected chi connectivity index (χ0v) is 16.5. The summed E-state index contributed by atoms with van der Waals surface area (Å²) >= 11 is 0. The van der Waals surface area contributed by atoms with Crippen LogP contribution in [0, 0.1) is 17.8 Å². The van der Waals surface area contributed by atoms with Gasteiger partial charge in [-0.1, -0.05) is 6.92 Å². The van der Waals surface area contributed by atoms with Crippen LogP contribution in [-0.4, -0.2) is 60.9 Å². The third kappa shape index (κ3) is 4.88. The van der Waals surface area contributed by atoms with Crippen molar-refractivity contribution in [3.8, 4) is 0 Å². The maximum absolute atomic E-state index is 12.8. The summed E-state index contributed by atoms with van der Waals surface area (Å²) < 4.78 is 0. The number of likely N-dealkylation sites (tertiary alicyclic amines) is 2. The molecule has 2 amide bonds. The number of nitrogens with zero attached hydrogens (tertiary/aromatic N) is 2. The average molecular weight is 372 g/mol. The van der Waals surface area contributed by atoms with E-state index in [0.717, 1.165) is 51.2 Å². The minimum atomic E-state index is -0.0994. The first-order chi connectivity index (χ1) is 11.6. The Morgan fingerprint density at radius 2 is 1.76 bits per heavy atom. The molecule has 3 fully saturated rings. The van der Waals surface area contributed by atoms with Gasteiger partial charge in [0.15, 0.2) is 0 Å². The molecule has 5 nitrogen and oxygen atoms in total. The molecule has 0 aromatic heterocycles. The van der Waals surface area contributed by atoms with Gasteiger partial charge in [0.25, 0.3) is 0 Å². The van der Waals surface area contributed by atoms with Crippen molar-refractivity contribution < 1.29 is 9.59 Å². The van der Waals surface area contributed by atoms with Crippen molar-refractivity contribution in [3.63, 3.8) is 0 Å². The van der Waals surface area contributed by atoms with E-state index in [9.17, 15) is 9.59 Å². The quantitative estimate of drug-likeness (QED) is 0.824. The van der Waals surface area contributed by atoms with E-state index in [4.69, 9.17) is 0 Å². The Kier molecular flexibility index (Phi) is 7.56. The number of carbonyl (C=O) groups excluding carboxylic acids is 2. The number of hydrogen-bond donors (Lipinski definition) is 1. The fourth-order valence-corrected chi connectivity index (χ4v) is 4.71. The number of amides is 2. The van der Waals surface area contributed by atoms with Gasteiger partial charge >= 0.3 is 0 Å². The van der Waals surface area contributed by atoms with Crippen LogP contribution < -0.4 is 5.32 Å². The zero-order valence-electron chi connectivity index (χ0n) is 15.7. The molecule has 3 rings (SSSR count). The minimum absolute atomic E-state index is 0. The van der Waals surface area contributed by atoms with Crippen LogP contribution in [0.1, 0.15) is 51.9 Å². The second-order valence-electron chi connectivity index (χ2n) is 8.19. The van der Waals surface area contributed by atoms with E-state index < -0.39 is 0 Å². The fourth-order valence-electron chi connectivity index (χ4n) is 4.71. The Balaban J connectivity index is 0.00000225. The van der Waals surface area contributed by atoms with Gasteiger partial charge in [-0.15, -0.1) is 12.4 Å². The number of hydrogen-bond acceptors (Lipinski definition) is 3. The van der Waals surface area contributed by atoms with Crippen molar-refractivity contribution in [1.82, 2.24) is 15.1 Å². The Hall–Kier alpha value is -0.810. The molecule has 1 atom stereocenters. The first-order valence-electron chi connectivity index (χ1n) is 9.81. The Morgan fingerprint density at radius 3 is 2.36 bits per heavy atom. The molecule has 0 aromatic rings. The Labute approximate surface area is 158 Å². The summed E-state index contributed by atoms with van der Waals surface area (Å²) in [4.78, 5) is 29.3. The van der Waals surface area contributed by atoms with Crippen LogP contribution in [-0.2, 0) is 9.59 Å². The molecular formula is C19H34ClN3O2. The van der Waals surface area contributed by atoms with E-state index in [1.807, 2.05) is 16.8 Å². The first kappa shape index (κ1) is 20.5. The summed E-state index contributed by atoms with van der Waals surface area (Å²) in [6.07, 6.45) is 7.25. The molecule has 0 bridgehead atoms. The van der Waals surface area contributed by atoms with Gasteiger partial charge in [-0.3, -0.25) is 9.59 Å². The average Bonchev–Trinajstić information content (AvgIpc) is 2.98. The predicted molar refractivity (Wildman–Crippen MR) is 102 cm³/mol. The SMILES string of the molecule is CNCC1CCN(C(=O)C2CC(=O)N(C3CCC(C)CC3)C2)CC1.Cl. The molecule has 6 heteroatoms. The second-order valence-corrected chi connectivity index (χ2v) is 8.19. The molecule has 2 saturated heterocycles. The Morgan fingerprint density at radius 1 is 1.12 bits per heavy atom. The molecule has 144 valence electrons. The second kappa shape index (κ2) is 9.22. The third-order valence-electron chi connectivity index (χ3n) is 6.35. The maximum atomic E-state index is 12.8. The van der Waals surface area contributed by atoms with E-state index in [1.54, 1.807) is 0 Å². The molecule has 2 aliphatic heterocycles. The molecule has 3 aliphatic rings. The topological polar surface area (TPSA) is 52.7 Å². The van der Waals surface area contributed by atoms with E-state index in [0.29, 0.717) is 24.9 Å². The highest BCUT2D eigenvalue weighted by Gasteiger charge is 2.40. The Bertz CT molecular complexity index is 458. The van der Waals surface area contributed by atoms with Crippen molar-refractivity contribution in [1.29, 1.82) is 0 Å². The summed E-state index contributed by atoms with van der Waals surface area (Å²) in [5, 5.41) is 3.23.